The summed E-state index contributed by atoms with van der Waals surface area (Å²) in [5, 5.41) is 5.14. The lowest BCUT2D eigenvalue weighted by atomic mass is 10.2. The zero-order valence-corrected chi connectivity index (χ0v) is 12.0. The van der Waals surface area contributed by atoms with Gasteiger partial charge in [-0.3, -0.25) is 9.59 Å². The fraction of sp³-hybridized carbons (Fsp3) is 0.385. The van der Waals surface area contributed by atoms with Gasteiger partial charge in [-0.2, -0.15) is 0 Å². The third kappa shape index (κ3) is 3.91. The summed E-state index contributed by atoms with van der Waals surface area (Å²) in [5.74, 6) is -1.35. The van der Waals surface area contributed by atoms with E-state index in [1.807, 2.05) is 0 Å². The molecule has 8 heteroatoms. The van der Waals surface area contributed by atoms with Gasteiger partial charge in [-0.1, -0.05) is 11.6 Å². The third-order valence-electron chi connectivity index (χ3n) is 2.96. The number of hydrogen-bond donors (Lipinski definition) is 2. The molecule has 0 aliphatic carbocycles. The third-order valence-corrected chi connectivity index (χ3v) is 3.26. The van der Waals surface area contributed by atoms with Crippen LogP contribution in [0.1, 0.15) is 19.8 Å². The smallest absolute Gasteiger partial charge is 0.329 e. The number of nitrogens with zero attached hydrogens (tertiary/aromatic N) is 1. The SMILES string of the molecule is C[C@@H](OC(=O)[C@@H]1CCC(=O)N1)C(=O)Nc1cccnc1Cl. The number of ether oxygens (including phenoxy) is 1. The van der Waals surface area contributed by atoms with E-state index in [9.17, 15) is 14.4 Å². The van der Waals surface area contributed by atoms with E-state index in [0.717, 1.165) is 0 Å². The largest absolute Gasteiger partial charge is 0.451 e. The lowest BCUT2D eigenvalue weighted by Crippen LogP contribution is -2.39. The van der Waals surface area contributed by atoms with Crippen molar-refractivity contribution in [3.8, 4) is 0 Å². The Bertz CT molecular complexity index is 578. The molecule has 1 aliphatic rings. The average molecular weight is 312 g/mol. The standard InChI is InChI=1S/C13H14ClN3O4/c1-7(21-13(20)9-4-5-10(18)16-9)12(19)17-8-3-2-6-15-11(8)14/h2-3,6-7,9H,4-5H2,1H3,(H,16,18)(H,17,19)/t7-,9+/m1/s1. The molecular weight excluding hydrogens is 298 g/mol. The fourth-order valence-corrected chi connectivity index (χ4v) is 1.98. The molecule has 0 radical (unpaired) electrons. The Morgan fingerprint density at radius 1 is 1.57 bits per heavy atom. The molecule has 21 heavy (non-hydrogen) atoms. The van der Waals surface area contributed by atoms with Crippen LogP contribution in [0.4, 0.5) is 5.69 Å². The summed E-state index contributed by atoms with van der Waals surface area (Å²) in [6.45, 7) is 1.44. The van der Waals surface area contributed by atoms with Crippen LogP contribution >= 0.6 is 11.6 Å². The molecule has 0 bridgehead atoms. The molecule has 2 atom stereocenters. The summed E-state index contributed by atoms with van der Waals surface area (Å²) in [4.78, 5) is 38.5. The molecular formula is C13H14ClN3O4. The van der Waals surface area contributed by atoms with E-state index < -0.39 is 24.0 Å². The van der Waals surface area contributed by atoms with Crippen molar-refractivity contribution in [2.75, 3.05) is 5.32 Å². The minimum Gasteiger partial charge on any atom is -0.451 e. The van der Waals surface area contributed by atoms with Crippen molar-refractivity contribution >= 4 is 35.1 Å². The Morgan fingerprint density at radius 2 is 2.33 bits per heavy atom. The normalized spacial score (nSPS) is 18.8. The van der Waals surface area contributed by atoms with Crippen LogP contribution in [-0.2, 0) is 19.1 Å². The number of carbonyl (C=O) groups excluding carboxylic acids is 3. The molecule has 0 spiro atoms. The molecule has 1 aliphatic heterocycles. The van der Waals surface area contributed by atoms with Crippen LogP contribution in [0.3, 0.4) is 0 Å². The predicted octanol–water partition coefficient (Wildman–Crippen LogP) is 0.884. The van der Waals surface area contributed by atoms with Gasteiger partial charge < -0.3 is 15.4 Å². The molecule has 7 nitrogen and oxygen atoms in total. The number of pyridine rings is 1. The number of anilines is 1. The summed E-state index contributed by atoms with van der Waals surface area (Å²) < 4.78 is 5.03. The van der Waals surface area contributed by atoms with Gasteiger partial charge in [0.1, 0.15) is 6.04 Å². The molecule has 1 saturated heterocycles. The Labute approximate surface area is 126 Å². The first kappa shape index (κ1) is 15.2. The van der Waals surface area contributed by atoms with E-state index in [1.165, 1.54) is 13.1 Å². The number of aromatic nitrogens is 1. The maximum Gasteiger partial charge on any atom is 0.329 e. The van der Waals surface area contributed by atoms with Gasteiger partial charge in [0.2, 0.25) is 5.91 Å². The minimum absolute atomic E-state index is 0.146. The molecule has 1 aromatic rings. The predicted molar refractivity (Wildman–Crippen MR) is 74.6 cm³/mol. The first-order valence-electron chi connectivity index (χ1n) is 6.38. The number of rotatable bonds is 4. The molecule has 2 heterocycles. The van der Waals surface area contributed by atoms with Gasteiger partial charge in [0.05, 0.1) is 5.69 Å². The monoisotopic (exact) mass is 311 g/mol. The summed E-state index contributed by atoms with van der Waals surface area (Å²) >= 11 is 5.82. The number of halogens is 1. The molecule has 0 aromatic carbocycles. The number of carbonyl (C=O) groups is 3. The molecule has 1 fully saturated rings. The summed E-state index contributed by atoms with van der Waals surface area (Å²) in [5.41, 5.74) is 0.334. The highest BCUT2D eigenvalue weighted by atomic mass is 35.5. The van der Waals surface area contributed by atoms with Crippen molar-refractivity contribution in [2.45, 2.75) is 31.9 Å². The van der Waals surface area contributed by atoms with Crippen LogP contribution in [0.15, 0.2) is 18.3 Å². The van der Waals surface area contributed by atoms with Gasteiger partial charge in [-0.25, -0.2) is 9.78 Å². The number of esters is 1. The quantitative estimate of drug-likeness (QED) is 0.635. The Hall–Kier alpha value is -2.15. The number of nitrogens with one attached hydrogen (secondary N) is 2. The van der Waals surface area contributed by atoms with E-state index in [-0.39, 0.29) is 17.5 Å². The van der Waals surface area contributed by atoms with Crippen LogP contribution in [0.5, 0.6) is 0 Å². The van der Waals surface area contributed by atoms with E-state index >= 15 is 0 Å². The lowest BCUT2D eigenvalue weighted by Gasteiger charge is -2.16. The van der Waals surface area contributed by atoms with E-state index in [1.54, 1.807) is 12.1 Å². The second kappa shape index (κ2) is 6.53. The molecule has 2 N–H and O–H groups in total. The van der Waals surface area contributed by atoms with E-state index in [0.29, 0.717) is 12.1 Å². The van der Waals surface area contributed by atoms with Crippen molar-refractivity contribution in [1.29, 1.82) is 0 Å². The Balaban J connectivity index is 1.89. The summed E-state index contributed by atoms with van der Waals surface area (Å²) in [6.07, 6.45) is 1.14. The van der Waals surface area contributed by atoms with Crippen molar-refractivity contribution in [3.05, 3.63) is 23.5 Å². The number of amides is 2. The number of hydrogen-bond acceptors (Lipinski definition) is 5. The van der Waals surface area contributed by atoms with Crippen LogP contribution < -0.4 is 10.6 Å². The van der Waals surface area contributed by atoms with Gasteiger partial charge in [-0.15, -0.1) is 0 Å². The van der Waals surface area contributed by atoms with E-state index in [2.05, 4.69) is 15.6 Å². The Morgan fingerprint density at radius 3 is 2.95 bits per heavy atom. The molecule has 1 aromatic heterocycles. The van der Waals surface area contributed by atoms with Gasteiger partial charge in [0.15, 0.2) is 11.3 Å². The molecule has 0 saturated carbocycles. The van der Waals surface area contributed by atoms with Crippen LogP contribution in [-0.4, -0.2) is 34.9 Å². The highest BCUT2D eigenvalue weighted by Gasteiger charge is 2.30. The fourth-order valence-electron chi connectivity index (χ4n) is 1.81. The summed E-state index contributed by atoms with van der Waals surface area (Å²) in [7, 11) is 0. The zero-order chi connectivity index (χ0) is 15.4. The lowest BCUT2D eigenvalue weighted by molar-refractivity contribution is -0.155. The highest BCUT2D eigenvalue weighted by molar-refractivity contribution is 6.32. The molecule has 2 rings (SSSR count). The van der Waals surface area contributed by atoms with Crippen molar-refractivity contribution in [2.24, 2.45) is 0 Å². The summed E-state index contributed by atoms with van der Waals surface area (Å²) in [6, 6.07) is 2.51. The average Bonchev–Trinajstić information content (AvgIpc) is 2.88. The molecule has 2 amide bonds. The van der Waals surface area contributed by atoms with Crippen molar-refractivity contribution in [3.63, 3.8) is 0 Å². The second-order valence-electron chi connectivity index (χ2n) is 4.57. The first-order valence-corrected chi connectivity index (χ1v) is 6.76. The highest BCUT2D eigenvalue weighted by Crippen LogP contribution is 2.18. The van der Waals surface area contributed by atoms with Crippen LogP contribution in [0, 0.1) is 0 Å². The minimum atomic E-state index is -1.01. The van der Waals surface area contributed by atoms with Gasteiger partial charge in [0.25, 0.3) is 5.91 Å². The van der Waals surface area contributed by atoms with Crippen molar-refractivity contribution in [1.82, 2.24) is 10.3 Å². The van der Waals surface area contributed by atoms with Crippen LogP contribution in [0.25, 0.3) is 0 Å². The van der Waals surface area contributed by atoms with Gasteiger partial charge >= 0.3 is 5.97 Å². The molecule has 112 valence electrons. The second-order valence-corrected chi connectivity index (χ2v) is 4.93. The topological polar surface area (TPSA) is 97.4 Å². The maximum absolute atomic E-state index is 11.9. The zero-order valence-electron chi connectivity index (χ0n) is 11.3. The Kier molecular flexibility index (Phi) is 4.74. The van der Waals surface area contributed by atoms with Crippen LogP contribution in [0.2, 0.25) is 5.15 Å². The van der Waals surface area contributed by atoms with Crippen molar-refractivity contribution < 1.29 is 19.1 Å². The van der Waals surface area contributed by atoms with Gasteiger partial charge in [0, 0.05) is 12.6 Å². The molecule has 0 unspecified atom stereocenters. The maximum atomic E-state index is 11.9. The van der Waals surface area contributed by atoms with Gasteiger partial charge in [-0.05, 0) is 25.5 Å². The first-order chi connectivity index (χ1) is 9.97. The van der Waals surface area contributed by atoms with E-state index in [4.69, 9.17) is 16.3 Å².